The molecule has 0 spiro atoms. The van der Waals surface area contributed by atoms with Gasteiger partial charge in [-0.15, -0.1) is 0 Å². The van der Waals surface area contributed by atoms with E-state index in [-0.39, 0.29) is 18.7 Å². The summed E-state index contributed by atoms with van der Waals surface area (Å²) in [6.07, 6.45) is 5.75. The van der Waals surface area contributed by atoms with E-state index < -0.39 is 24.0 Å². The van der Waals surface area contributed by atoms with Crippen molar-refractivity contribution in [2.45, 2.75) is 58.0 Å². The van der Waals surface area contributed by atoms with Gasteiger partial charge >= 0.3 is 18.0 Å². The van der Waals surface area contributed by atoms with Crippen LogP contribution in [0.1, 0.15) is 48.8 Å². The van der Waals surface area contributed by atoms with Gasteiger partial charge in [0.1, 0.15) is 11.8 Å². The average molecular weight is 688 g/mol. The third kappa shape index (κ3) is 9.17. The zero-order chi connectivity index (χ0) is 34.9. The van der Waals surface area contributed by atoms with Crippen molar-refractivity contribution in [3.8, 4) is 16.9 Å². The second-order valence-electron chi connectivity index (χ2n) is 11.8. The predicted molar refractivity (Wildman–Crippen MR) is 185 cm³/mol. The minimum absolute atomic E-state index is 0.0566. The molecule has 5 rings (SSSR count). The summed E-state index contributed by atoms with van der Waals surface area (Å²) in [6, 6.07) is 16.5. The summed E-state index contributed by atoms with van der Waals surface area (Å²) in [5.74, 6) is -1.68. The molecule has 0 bridgehead atoms. The van der Waals surface area contributed by atoms with Gasteiger partial charge < -0.3 is 30.5 Å². The molecule has 256 valence electrons. The lowest BCUT2D eigenvalue weighted by Crippen LogP contribution is -2.43. The summed E-state index contributed by atoms with van der Waals surface area (Å²) >= 11 is 6.19. The Labute approximate surface area is 288 Å². The summed E-state index contributed by atoms with van der Waals surface area (Å²) < 4.78 is 7.67. The van der Waals surface area contributed by atoms with E-state index in [0.717, 1.165) is 52.1 Å². The van der Waals surface area contributed by atoms with E-state index in [2.05, 4.69) is 15.7 Å². The first-order chi connectivity index (χ1) is 23.6. The van der Waals surface area contributed by atoms with Crippen LogP contribution in [-0.2, 0) is 27.3 Å². The van der Waals surface area contributed by atoms with Crippen molar-refractivity contribution in [1.29, 1.82) is 0 Å². The highest BCUT2D eigenvalue weighted by atomic mass is 35.5. The first-order valence-electron chi connectivity index (χ1n) is 16.0. The van der Waals surface area contributed by atoms with Gasteiger partial charge in [-0.3, -0.25) is 14.3 Å². The van der Waals surface area contributed by atoms with Gasteiger partial charge in [-0.2, -0.15) is 5.10 Å². The summed E-state index contributed by atoms with van der Waals surface area (Å²) in [7, 11) is 0. The lowest BCUT2D eigenvalue weighted by atomic mass is 9.93. The fourth-order valence-electron chi connectivity index (χ4n) is 5.81. The monoisotopic (exact) mass is 687 g/mol. The van der Waals surface area contributed by atoms with Crippen LogP contribution in [0.2, 0.25) is 5.02 Å². The summed E-state index contributed by atoms with van der Waals surface area (Å²) in [5.41, 5.74) is 6.12. The van der Waals surface area contributed by atoms with Crippen LogP contribution in [0.5, 0.6) is 5.75 Å². The smallest absolute Gasteiger partial charge is 0.326 e. The first kappa shape index (κ1) is 35.0. The van der Waals surface area contributed by atoms with Crippen molar-refractivity contribution in [2.24, 2.45) is 0 Å². The van der Waals surface area contributed by atoms with E-state index in [0.29, 0.717) is 43.2 Å². The first-order valence-corrected chi connectivity index (χ1v) is 16.4. The molecular formula is C36H38ClN5O7. The number of hydrogen-bond donors (Lipinski definition) is 4. The van der Waals surface area contributed by atoms with Crippen LogP contribution in [0.4, 0.5) is 16.2 Å². The molecule has 0 fully saturated rings. The topological polar surface area (TPSA) is 163 Å². The molecule has 0 aliphatic carbocycles. The number of urea groups is 1. The standard InChI is InChI=1S/C36H38ClN5O7/c1-23-29(37)11-4-13-32(23)49-18-6-14-33(43)42-17-5-10-28-27(9-3-12-31(28)42)25-20-38-41(22-25)21-24-7-2-8-26(19-24)39-36(48)40-30(35(46)47)15-16-34(44)45/h2-4,7-9,11-13,19-20,22,30H,5-6,10,14-18,21H2,1H3,(H,44,45)(H,46,47)(H2,39,40,48)/t30-/m1/s1. The maximum atomic E-state index is 13.3. The number of nitrogens with zero attached hydrogens (tertiary/aromatic N) is 3. The van der Waals surface area contributed by atoms with Crippen LogP contribution in [0.15, 0.2) is 73.1 Å². The largest absolute Gasteiger partial charge is 0.493 e. The summed E-state index contributed by atoms with van der Waals surface area (Å²) in [4.78, 5) is 49.9. The Kier molecular flexibility index (Phi) is 11.5. The molecule has 1 atom stereocenters. The molecule has 1 aliphatic rings. The highest BCUT2D eigenvalue weighted by Crippen LogP contribution is 2.36. The summed E-state index contributed by atoms with van der Waals surface area (Å²) in [6.45, 7) is 3.39. The van der Waals surface area contributed by atoms with Crippen LogP contribution in [-0.4, -0.2) is 63.1 Å². The fourth-order valence-corrected chi connectivity index (χ4v) is 5.98. The molecule has 13 heteroatoms. The number of hydrogen-bond acceptors (Lipinski definition) is 6. The maximum Gasteiger partial charge on any atom is 0.326 e. The Balaban J connectivity index is 1.20. The predicted octanol–water partition coefficient (Wildman–Crippen LogP) is 6.14. The van der Waals surface area contributed by atoms with Crippen molar-refractivity contribution in [3.05, 3.63) is 94.8 Å². The van der Waals surface area contributed by atoms with Gasteiger partial charge in [-0.1, -0.05) is 41.9 Å². The molecule has 0 radical (unpaired) electrons. The Morgan fingerprint density at radius 2 is 1.84 bits per heavy atom. The number of aliphatic carboxylic acids is 2. The molecule has 1 aromatic heterocycles. The molecule has 3 amide bonds. The van der Waals surface area contributed by atoms with E-state index in [1.54, 1.807) is 29.1 Å². The number of nitrogens with one attached hydrogen (secondary N) is 2. The minimum Gasteiger partial charge on any atom is -0.493 e. The normalized spacial score (nSPS) is 12.9. The number of carboxylic acids is 2. The SMILES string of the molecule is Cc1c(Cl)cccc1OCCCC(=O)N1CCCc2c(-c3cnn(Cc4cccc(NC(=O)N[C@H](CCC(=O)O)C(=O)O)c4)c3)cccc21. The third-order valence-corrected chi connectivity index (χ3v) is 8.70. The van der Waals surface area contributed by atoms with Crippen LogP contribution in [0.25, 0.3) is 11.1 Å². The number of amides is 3. The minimum atomic E-state index is -1.33. The van der Waals surface area contributed by atoms with Gasteiger partial charge in [-0.05, 0) is 79.6 Å². The number of fused-ring (bicyclic) bond motifs is 1. The number of carbonyl (C=O) groups is 4. The van der Waals surface area contributed by atoms with Gasteiger partial charge in [0.2, 0.25) is 5.91 Å². The number of benzene rings is 3. The van der Waals surface area contributed by atoms with Crippen molar-refractivity contribution in [2.75, 3.05) is 23.4 Å². The van der Waals surface area contributed by atoms with Crippen LogP contribution < -0.4 is 20.3 Å². The lowest BCUT2D eigenvalue weighted by Gasteiger charge is -2.31. The Morgan fingerprint density at radius 3 is 2.63 bits per heavy atom. The highest BCUT2D eigenvalue weighted by Gasteiger charge is 2.25. The molecule has 4 aromatic rings. The second-order valence-corrected chi connectivity index (χ2v) is 12.2. The van der Waals surface area contributed by atoms with Crippen molar-refractivity contribution >= 4 is 46.9 Å². The lowest BCUT2D eigenvalue weighted by molar-refractivity contribution is -0.140. The van der Waals surface area contributed by atoms with Crippen LogP contribution >= 0.6 is 11.6 Å². The zero-order valence-corrected chi connectivity index (χ0v) is 27.8. The third-order valence-electron chi connectivity index (χ3n) is 8.29. The Bertz CT molecular complexity index is 1840. The molecular weight excluding hydrogens is 650 g/mol. The number of carbonyl (C=O) groups excluding carboxylic acids is 2. The number of carboxylic acid groups (broad SMARTS) is 2. The number of ether oxygens (including phenoxy) is 1. The van der Waals surface area contributed by atoms with Crippen molar-refractivity contribution in [1.82, 2.24) is 15.1 Å². The van der Waals surface area contributed by atoms with E-state index in [9.17, 15) is 24.3 Å². The van der Waals surface area contributed by atoms with Gasteiger partial charge in [0.25, 0.3) is 0 Å². The highest BCUT2D eigenvalue weighted by molar-refractivity contribution is 6.31. The number of halogens is 1. The molecule has 0 saturated heterocycles. The molecule has 0 saturated carbocycles. The molecule has 0 unspecified atom stereocenters. The van der Waals surface area contributed by atoms with Crippen LogP contribution in [0.3, 0.4) is 0 Å². The number of rotatable bonds is 14. The van der Waals surface area contributed by atoms with E-state index in [1.165, 1.54) is 0 Å². The van der Waals surface area contributed by atoms with Gasteiger partial charge in [0.15, 0.2) is 0 Å². The van der Waals surface area contributed by atoms with Crippen LogP contribution in [0, 0.1) is 6.92 Å². The number of anilines is 2. The second kappa shape index (κ2) is 16.2. The Morgan fingerprint density at radius 1 is 1.04 bits per heavy atom. The van der Waals surface area contributed by atoms with Gasteiger partial charge in [0, 0.05) is 53.1 Å². The molecule has 3 aromatic carbocycles. The summed E-state index contributed by atoms with van der Waals surface area (Å²) in [5, 5.41) is 28.3. The van der Waals surface area contributed by atoms with Crippen molar-refractivity contribution in [3.63, 3.8) is 0 Å². The zero-order valence-electron chi connectivity index (χ0n) is 27.0. The average Bonchev–Trinajstić information content (AvgIpc) is 3.54. The van der Waals surface area contributed by atoms with Crippen molar-refractivity contribution < 1.29 is 34.1 Å². The molecule has 49 heavy (non-hydrogen) atoms. The Hall–Kier alpha value is -5.36. The van der Waals surface area contributed by atoms with Gasteiger partial charge in [0.05, 0.1) is 19.3 Å². The quantitative estimate of drug-likeness (QED) is 0.115. The van der Waals surface area contributed by atoms with E-state index in [4.69, 9.17) is 21.4 Å². The van der Waals surface area contributed by atoms with E-state index >= 15 is 0 Å². The molecule has 1 aliphatic heterocycles. The van der Waals surface area contributed by atoms with Gasteiger partial charge in [-0.25, -0.2) is 9.59 Å². The maximum absolute atomic E-state index is 13.3. The molecule has 4 N–H and O–H groups in total. The molecule has 2 heterocycles. The molecule has 12 nitrogen and oxygen atoms in total. The van der Waals surface area contributed by atoms with E-state index in [1.807, 2.05) is 60.5 Å². The number of aromatic nitrogens is 2. The fraction of sp³-hybridized carbons (Fsp3) is 0.306.